The summed E-state index contributed by atoms with van der Waals surface area (Å²) in [6.45, 7) is 4.00. The molecule has 0 aliphatic heterocycles. The molecule has 4 heteroatoms. The lowest BCUT2D eigenvalue weighted by Crippen LogP contribution is -1.97. The van der Waals surface area contributed by atoms with E-state index in [0.717, 1.165) is 11.1 Å². The van der Waals surface area contributed by atoms with E-state index in [1.54, 1.807) is 12.1 Å². The van der Waals surface area contributed by atoms with Gasteiger partial charge >= 0.3 is 5.63 Å². The highest BCUT2D eigenvalue weighted by molar-refractivity contribution is 6.03. The number of furan rings is 1. The van der Waals surface area contributed by atoms with Crippen LogP contribution in [0.15, 0.2) is 49.7 Å². The zero-order valence-electron chi connectivity index (χ0n) is 11.3. The fourth-order valence-electron chi connectivity index (χ4n) is 2.30. The topological polar surface area (TPSA) is 63.6 Å². The van der Waals surface area contributed by atoms with Crippen molar-refractivity contribution in [1.82, 2.24) is 0 Å². The van der Waals surface area contributed by atoms with E-state index in [0.29, 0.717) is 28.4 Å². The Morgan fingerprint density at radius 2 is 1.95 bits per heavy atom. The molecule has 102 valence electrons. The van der Waals surface area contributed by atoms with Crippen LogP contribution in [0.2, 0.25) is 0 Å². The Morgan fingerprint density at radius 3 is 2.70 bits per heavy atom. The zero-order chi connectivity index (χ0) is 14.3. The molecule has 0 spiro atoms. The minimum absolute atomic E-state index is 0.0773. The molecular weight excluding hydrogens is 256 g/mol. The second-order valence-corrected chi connectivity index (χ2v) is 4.97. The number of allylic oxidation sites excluding steroid dienone is 2. The maximum absolute atomic E-state index is 11.5. The summed E-state index contributed by atoms with van der Waals surface area (Å²) in [6.07, 6.45) is 4.13. The molecule has 0 unspecified atom stereocenters. The molecule has 0 aliphatic rings. The SMILES string of the molecule is CC(C)=CCc1c2occc2c(O)c2ccc(=O)oc12. The van der Waals surface area contributed by atoms with E-state index in [4.69, 9.17) is 8.83 Å². The number of hydrogen-bond donors (Lipinski definition) is 1. The number of phenols is 1. The quantitative estimate of drug-likeness (QED) is 0.569. The normalized spacial score (nSPS) is 11.1. The molecular formula is C16H14O4. The van der Waals surface area contributed by atoms with Gasteiger partial charge in [0.2, 0.25) is 0 Å². The Bertz CT molecular complexity index is 877. The van der Waals surface area contributed by atoms with Crippen LogP contribution in [-0.2, 0) is 6.42 Å². The highest BCUT2D eigenvalue weighted by atomic mass is 16.4. The van der Waals surface area contributed by atoms with Gasteiger partial charge in [0, 0.05) is 11.6 Å². The molecule has 0 saturated heterocycles. The summed E-state index contributed by atoms with van der Waals surface area (Å²) in [4.78, 5) is 11.5. The van der Waals surface area contributed by atoms with Crippen molar-refractivity contribution in [1.29, 1.82) is 0 Å². The van der Waals surface area contributed by atoms with E-state index in [2.05, 4.69) is 0 Å². The van der Waals surface area contributed by atoms with Gasteiger partial charge in [0.15, 0.2) is 0 Å². The number of benzene rings is 1. The van der Waals surface area contributed by atoms with Gasteiger partial charge in [-0.25, -0.2) is 4.79 Å². The van der Waals surface area contributed by atoms with Crippen molar-refractivity contribution < 1.29 is 13.9 Å². The summed E-state index contributed by atoms with van der Waals surface area (Å²) in [5, 5.41) is 11.4. The summed E-state index contributed by atoms with van der Waals surface area (Å²) < 4.78 is 10.7. The van der Waals surface area contributed by atoms with Crippen molar-refractivity contribution >= 4 is 21.9 Å². The van der Waals surface area contributed by atoms with Gasteiger partial charge in [-0.3, -0.25) is 0 Å². The fourth-order valence-corrected chi connectivity index (χ4v) is 2.30. The molecule has 0 saturated carbocycles. The lowest BCUT2D eigenvalue weighted by Gasteiger charge is -2.07. The van der Waals surface area contributed by atoms with Crippen LogP contribution in [0.3, 0.4) is 0 Å². The standard InChI is InChI=1S/C16H14O4/c1-9(2)3-4-12-15-11(7-8-19-15)14(18)10-5-6-13(17)20-16(10)12/h3,5-8,18H,4H2,1-2H3. The van der Waals surface area contributed by atoms with Gasteiger partial charge in [-0.2, -0.15) is 0 Å². The third kappa shape index (κ3) is 1.90. The fraction of sp³-hybridized carbons (Fsp3) is 0.188. The largest absolute Gasteiger partial charge is 0.506 e. The maximum atomic E-state index is 11.5. The second-order valence-electron chi connectivity index (χ2n) is 4.97. The Hall–Kier alpha value is -2.49. The van der Waals surface area contributed by atoms with Crippen molar-refractivity contribution in [2.45, 2.75) is 20.3 Å². The van der Waals surface area contributed by atoms with Gasteiger partial charge in [-0.1, -0.05) is 11.6 Å². The molecule has 1 aromatic carbocycles. The first-order valence-corrected chi connectivity index (χ1v) is 6.36. The van der Waals surface area contributed by atoms with Crippen LogP contribution in [0.5, 0.6) is 5.75 Å². The molecule has 1 N–H and O–H groups in total. The van der Waals surface area contributed by atoms with E-state index >= 15 is 0 Å². The summed E-state index contributed by atoms with van der Waals surface area (Å²) in [7, 11) is 0. The summed E-state index contributed by atoms with van der Waals surface area (Å²) in [6, 6.07) is 4.59. The second kappa shape index (κ2) is 4.56. The molecule has 4 nitrogen and oxygen atoms in total. The molecule has 2 heterocycles. The monoisotopic (exact) mass is 270 g/mol. The van der Waals surface area contributed by atoms with E-state index in [-0.39, 0.29) is 5.75 Å². The molecule has 0 radical (unpaired) electrons. The first kappa shape index (κ1) is 12.5. The van der Waals surface area contributed by atoms with Gasteiger partial charge in [-0.15, -0.1) is 0 Å². The number of fused-ring (bicyclic) bond motifs is 2. The van der Waals surface area contributed by atoms with Crippen LogP contribution in [-0.4, -0.2) is 5.11 Å². The van der Waals surface area contributed by atoms with Crippen molar-refractivity contribution in [3.8, 4) is 5.75 Å². The average Bonchev–Trinajstić information content (AvgIpc) is 2.87. The zero-order valence-corrected chi connectivity index (χ0v) is 11.3. The number of phenolic OH excluding ortho intramolecular Hbond substituents is 1. The Labute approximate surface area is 114 Å². The van der Waals surface area contributed by atoms with Crippen molar-refractivity contribution in [2.24, 2.45) is 0 Å². The minimum atomic E-state index is -0.443. The average molecular weight is 270 g/mol. The lowest BCUT2D eigenvalue weighted by molar-refractivity contribution is 0.484. The van der Waals surface area contributed by atoms with Crippen LogP contribution in [0.25, 0.3) is 21.9 Å². The molecule has 3 rings (SSSR count). The van der Waals surface area contributed by atoms with Gasteiger partial charge in [-0.05, 0) is 32.4 Å². The third-order valence-corrected chi connectivity index (χ3v) is 3.27. The predicted octanol–water partition coefficient (Wildman–Crippen LogP) is 3.75. The van der Waals surface area contributed by atoms with Crippen LogP contribution in [0, 0.1) is 0 Å². The van der Waals surface area contributed by atoms with Crippen molar-refractivity contribution in [3.05, 3.63) is 52.1 Å². The van der Waals surface area contributed by atoms with Gasteiger partial charge in [0.25, 0.3) is 0 Å². The number of hydrogen-bond acceptors (Lipinski definition) is 4. The van der Waals surface area contributed by atoms with E-state index < -0.39 is 5.63 Å². The van der Waals surface area contributed by atoms with Crippen molar-refractivity contribution in [2.75, 3.05) is 0 Å². The number of rotatable bonds is 2. The van der Waals surface area contributed by atoms with E-state index in [1.807, 2.05) is 19.9 Å². The molecule has 2 aromatic heterocycles. The molecule has 20 heavy (non-hydrogen) atoms. The first-order valence-electron chi connectivity index (χ1n) is 6.36. The van der Waals surface area contributed by atoms with Gasteiger partial charge in [0.1, 0.15) is 16.9 Å². The molecule has 0 fully saturated rings. The maximum Gasteiger partial charge on any atom is 0.336 e. The third-order valence-electron chi connectivity index (χ3n) is 3.27. The van der Waals surface area contributed by atoms with Gasteiger partial charge in [0.05, 0.1) is 17.0 Å². The van der Waals surface area contributed by atoms with Crippen molar-refractivity contribution in [3.63, 3.8) is 0 Å². The van der Waals surface area contributed by atoms with Crippen LogP contribution in [0.1, 0.15) is 19.4 Å². The van der Waals surface area contributed by atoms with Crippen LogP contribution < -0.4 is 5.63 Å². The summed E-state index contributed by atoms with van der Waals surface area (Å²) in [5.41, 5.74) is 2.43. The summed E-state index contributed by atoms with van der Waals surface area (Å²) in [5.74, 6) is 0.0773. The Balaban J connectivity index is 2.45. The molecule has 0 bridgehead atoms. The van der Waals surface area contributed by atoms with E-state index in [1.165, 1.54) is 12.3 Å². The lowest BCUT2D eigenvalue weighted by atomic mass is 10.0. The van der Waals surface area contributed by atoms with Crippen LogP contribution >= 0.6 is 0 Å². The van der Waals surface area contributed by atoms with E-state index in [9.17, 15) is 9.90 Å². The highest BCUT2D eigenvalue weighted by Crippen LogP contribution is 2.37. The Kier molecular flexibility index (Phi) is 2.86. The molecule has 0 atom stereocenters. The van der Waals surface area contributed by atoms with Gasteiger partial charge < -0.3 is 13.9 Å². The summed E-state index contributed by atoms with van der Waals surface area (Å²) >= 11 is 0. The highest BCUT2D eigenvalue weighted by Gasteiger charge is 2.17. The van der Waals surface area contributed by atoms with Crippen LogP contribution in [0.4, 0.5) is 0 Å². The predicted molar refractivity (Wildman–Crippen MR) is 77.1 cm³/mol. The molecule has 0 amide bonds. The minimum Gasteiger partial charge on any atom is -0.506 e. The molecule has 3 aromatic rings. The first-order chi connectivity index (χ1) is 9.58. The Morgan fingerprint density at radius 1 is 1.20 bits per heavy atom. The smallest absolute Gasteiger partial charge is 0.336 e. The molecule has 0 aliphatic carbocycles. The number of aromatic hydroxyl groups is 1.